The van der Waals surface area contributed by atoms with E-state index in [9.17, 15) is 9.18 Å². The number of hydrogen-bond acceptors (Lipinski definition) is 3. The van der Waals surface area contributed by atoms with E-state index in [0.717, 1.165) is 0 Å². The highest BCUT2D eigenvalue weighted by Crippen LogP contribution is 2.28. The summed E-state index contributed by atoms with van der Waals surface area (Å²) in [5, 5.41) is 0.304. The average molecular weight is 220 g/mol. The molecule has 0 atom stereocenters. The van der Waals surface area contributed by atoms with Crippen LogP contribution in [-0.2, 0) is 0 Å². The quantitative estimate of drug-likeness (QED) is 0.592. The molecule has 0 aromatic heterocycles. The van der Waals surface area contributed by atoms with Crippen molar-refractivity contribution in [1.29, 1.82) is 0 Å². The molecular weight excluding hydrogens is 213 g/mol. The first-order chi connectivity index (χ1) is 6.07. The smallest absolute Gasteiger partial charge is 0.331 e. The molecule has 2 nitrogen and oxygen atoms in total. The molecule has 0 saturated heterocycles. The van der Waals surface area contributed by atoms with Crippen molar-refractivity contribution in [3.63, 3.8) is 0 Å². The van der Waals surface area contributed by atoms with Crippen LogP contribution >= 0.6 is 24.4 Å². The molecule has 0 amide bonds. The normalized spacial score (nSPS) is 9.85. The van der Waals surface area contributed by atoms with E-state index in [1.807, 2.05) is 0 Å². The van der Waals surface area contributed by atoms with Gasteiger partial charge in [0.1, 0.15) is 0 Å². The van der Waals surface area contributed by atoms with Crippen molar-refractivity contribution >= 4 is 36.1 Å². The summed E-state index contributed by atoms with van der Waals surface area (Å²) in [4.78, 5) is 10.5. The Hall–Kier alpha value is -0.740. The van der Waals surface area contributed by atoms with Crippen LogP contribution in [0.3, 0.4) is 0 Å². The Morgan fingerprint density at radius 2 is 2.23 bits per heavy atom. The lowest BCUT2D eigenvalue weighted by Gasteiger charge is -2.07. The standard InChI is InChI=1S/C8H7ClFNOS/c1-4-5(8(10)12)2-3-6(11-13)7(4)9/h2-3,11,13H,1H3. The van der Waals surface area contributed by atoms with Gasteiger partial charge in [0.15, 0.2) is 0 Å². The van der Waals surface area contributed by atoms with Crippen molar-refractivity contribution in [2.45, 2.75) is 6.92 Å². The van der Waals surface area contributed by atoms with Gasteiger partial charge in [0, 0.05) is 0 Å². The monoisotopic (exact) mass is 219 g/mol. The van der Waals surface area contributed by atoms with E-state index >= 15 is 0 Å². The van der Waals surface area contributed by atoms with Crippen LogP contribution in [-0.4, -0.2) is 6.04 Å². The van der Waals surface area contributed by atoms with Gasteiger partial charge in [-0.3, -0.25) is 4.79 Å². The van der Waals surface area contributed by atoms with Crippen molar-refractivity contribution in [3.05, 3.63) is 28.3 Å². The van der Waals surface area contributed by atoms with Gasteiger partial charge in [-0.1, -0.05) is 24.4 Å². The molecule has 5 heteroatoms. The van der Waals surface area contributed by atoms with Crippen LogP contribution in [0.15, 0.2) is 12.1 Å². The maximum absolute atomic E-state index is 12.4. The van der Waals surface area contributed by atoms with E-state index in [1.165, 1.54) is 12.1 Å². The molecule has 0 radical (unpaired) electrons. The van der Waals surface area contributed by atoms with E-state index in [0.29, 0.717) is 16.3 Å². The first-order valence-electron chi connectivity index (χ1n) is 3.47. The summed E-state index contributed by atoms with van der Waals surface area (Å²) < 4.78 is 14.9. The lowest BCUT2D eigenvalue weighted by atomic mass is 10.1. The topological polar surface area (TPSA) is 29.1 Å². The van der Waals surface area contributed by atoms with Gasteiger partial charge in [-0.15, -0.1) is 0 Å². The molecule has 0 saturated carbocycles. The maximum atomic E-state index is 12.4. The Balaban J connectivity index is 3.31. The van der Waals surface area contributed by atoms with Crippen molar-refractivity contribution < 1.29 is 9.18 Å². The molecule has 0 fully saturated rings. The molecule has 0 heterocycles. The SMILES string of the molecule is Cc1c(C(=O)F)ccc(NS)c1Cl. The average Bonchev–Trinajstić information content (AvgIpc) is 2.09. The molecule has 1 rings (SSSR count). The van der Waals surface area contributed by atoms with Gasteiger partial charge in [-0.05, 0) is 24.6 Å². The second-order valence-corrected chi connectivity index (χ2v) is 3.09. The third-order valence-electron chi connectivity index (χ3n) is 1.72. The van der Waals surface area contributed by atoms with Crippen LogP contribution in [0.2, 0.25) is 5.02 Å². The lowest BCUT2D eigenvalue weighted by Crippen LogP contribution is -1.96. The van der Waals surface area contributed by atoms with Crippen molar-refractivity contribution in [3.8, 4) is 0 Å². The number of anilines is 1. The Bertz CT molecular complexity index is 356. The highest BCUT2D eigenvalue weighted by atomic mass is 35.5. The van der Waals surface area contributed by atoms with Gasteiger partial charge in [0.25, 0.3) is 0 Å². The van der Waals surface area contributed by atoms with Crippen molar-refractivity contribution in [2.75, 3.05) is 4.72 Å². The van der Waals surface area contributed by atoms with Crippen LogP contribution in [0.5, 0.6) is 0 Å². The summed E-state index contributed by atoms with van der Waals surface area (Å²) in [6, 6.07) is 1.38. The molecule has 0 aliphatic heterocycles. The third-order valence-corrected chi connectivity index (χ3v) is 2.45. The summed E-state index contributed by atoms with van der Waals surface area (Å²) in [5.41, 5.74) is 0.943. The number of carbonyl (C=O) groups is 1. The number of hydrogen-bond donors (Lipinski definition) is 2. The summed E-state index contributed by atoms with van der Waals surface area (Å²) in [6.45, 7) is 1.57. The van der Waals surface area contributed by atoms with E-state index < -0.39 is 6.04 Å². The second kappa shape index (κ2) is 3.98. The fraction of sp³-hybridized carbons (Fsp3) is 0.125. The van der Waals surface area contributed by atoms with Gasteiger partial charge >= 0.3 is 6.04 Å². The molecule has 70 valence electrons. The Kier molecular flexibility index (Phi) is 3.17. The largest absolute Gasteiger partial charge is 0.332 e. The minimum atomic E-state index is -1.48. The fourth-order valence-corrected chi connectivity index (χ4v) is 1.45. The first-order valence-corrected chi connectivity index (χ1v) is 4.29. The molecule has 0 unspecified atom stereocenters. The summed E-state index contributed by atoms with van der Waals surface area (Å²) in [7, 11) is 0. The Morgan fingerprint density at radius 1 is 1.62 bits per heavy atom. The molecule has 13 heavy (non-hydrogen) atoms. The minimum absolute atomic E-state index is 0.0164. The summed E-state index contributed by atoms with van der Waals surface area (Å²) in [5.74, 6) is 0. The van der Waals surface area contributed by atoms with Gasteiger partial charge < -0.3 is 4.72 Å². The number of halogens is 2. The van der Waals surface area contributed by atoms with Crippen molar-refractivity contribution in [2.24, 2.45) is 0 Å². The van der Waals surface area contributed by atoms with E-state index in [-0.39, 0.29) is 5.56 Å². The maximum Gasteiger partial charge on any atom is 0.332 e. The molecule has 0 aliphatic rings. The Morgan fingerprint density at radius 3 is 2.69 bits per heavy atom. The highest BCUT2D eigenvalue weighted by Gasteiger charge is 2.12. The van der Waals surface area contributed by atoms with Crippen LogP contribution in [0.1, 0.15) is 15.9 Å². The molecule has 1 aromatic carbocycles. The molecule has 1 aromatic rings. The van der Waals surface area contributed by atoms with Crippen LogP contribution in [0.25, 0.3) is 0 Å². The van der Waals surface area contributed by atoms with Crippen LogP contribution < -0.4 is 4.72 Å². The van der Waals surface area contributed by atoms with Crippen LogP contribution in [0.4, 0.5) is 10.1 Å². The minimum Gasteiger partial charge on any atom is -0.331 e. The first kappa shape index (κ1) is 10.3. The van der Waals surface area contributed by atoms with E-state index in [2.05, 4.69) is 17.5 Å². The molecule has 0 spiro atoms. The fourth-order valence-electron chi connectivity index (χ4n) is 0.984. The zero-order valence-electron chi connectivity index (χ0n) is 6.77. The van der Waals surface area contributed by atoms with E-state index in [1.54, 1.807) is 6.92 Å². The zero-order valence-corrected chi connectivity index (χ0v) is 8.42. The number of benzene rings is 1. The second-order valence-electron chi connectivity index (χ2n) is 2.49. The molecule has 1 N–H and O–H groups in total. The van der Waals surface area contributed by atoms with Gasteiger partial charge in [-0.25, -0.2) is 0 Å². The molecule has 0 aliphatic carbocycles. The number of thiol groups is 1. The molecule has 0 bridgehead atoms. The predicted molar refractivity (Wildman–Crippen MR) is 54.2 cm³/mol. The number of rotatable bonds is 2. The van der Waals surface area contributed by atoms with Crippen molar-refractivity contribution in [1.82, 2.24) is 0 Å². The Labute approximate surface area is 85.6 Å². The predicted octanol–water partition coefficient (Wildman–Crippen LogP) is 3.01. The summed E-state index contributed by atoms with van der Waals surface area (Å²) >= 11 is 9.61. The molecular formula is C8H7ClFNOS. The van der Waals surface area contributed by atoms with Gasteiger partial charge in [-0.2, -0.15) is 4.39 Å². The van der Waals surface area contributed by atoms with E-state index in [4.69, 9.17) is 11.6 Å². The highest BCUT2D eigenvalue weighted by molar-refractivity contribution is 7.81. The van der Waals surface area contributed by atoms with Crippen LogP contribution in [0, 0.1) is 6.92 Å². The third kappa shape index (κ3) is 1.95. The number of nitrogens with one attached hydrogen (secondary N) is 1. The number of carbonyl (C=O) groups excluding carboxylic acids is 1. The lowest BCUT2D eigenvalue weighted by molar-refractivity contribution is 0.0835. The van der Waals surface area contributed by atoms with Gasteiger partial charge in [0.2, 0.25) is 0 Å². The zero-order chi connectivity index (χ0) is 10.0. The van der Waals surface area contributed by atoms with Gasteiger partial charge in [0.05, 0.1) is 16.3 Å². The summed E-state index contributed by atoms with van der Waals surface area (Å²) in [6.07, 6.45) is 0.